The smallest absolute Gasteiger partial charge is 0.220 e. The molecule has 0 bridgehead atoms. The second-order valence-electron chi connectivity index (χ2n) is 5.85. The molecule has 22 heavy (non-hydrogen) atoms. The van der Waals surface area contributed by atoms with Crippen LogP contribution < -0.4 is 5.32 Å². The lowest BCUT2D eigenvalue weighted by molar-refractivity contribution is -0.122. The van der Waals surface area contributed by atoms with Crippen LogP contribution in [0.5, 0.6) is 0 Å². The number of aryl methyl sites for hydroxylation is 1. The van der Waals surface area contributed by atoms with Crippen molar-refractivity contribution >= 4 is 5.91 Å². The Morgan fingerprint density at radius 2 is 2.18 bits per heavy atom. The van der Waals surface area contributed by atoms with E-state index in [9.17, 15) is 4.79 Å². The van der Waals surface area contributed by atoms with E-state index in [4.69, 9.17) is 4.74 Å². The van der Waals surface area contributed by atoms with Crippen LogP contribution in [0.15, 0.2) is 18.3 Å². The molecule has 122 valence electrons. The van der Waals surface area contributed by atoms with E-state index in [2.05, 4.69) is 22.1 Å². The molecule has 0 aromatic carbocycles. The topological polar surface area (TPSA) is 54.5 Å². The third-order valence-corrected chi connectivity index (χ3v) is 4.02. The zero-order chi connectivity index (χ0) is 15.8. The summed E-state index contributed by atoms with van der Waals surface area (Å²) in [6.45, 7) is 8.63. The number of ether oxygens (including phenoxy) is 1. The van der Waals surface area contributed by atoms with Gasteiger partial charge in [0.05, 0.1) is 24.9 Å². The molecule has 1 aromatic heterocycles. The molecular weight excluding hydrogens is 278 g/mol. The van der Waals surface area contributed by atoms with E-state index in [1.165, 1.54) is 0 Å². The lowest BCUT2D eigenvalue weighted by Crippen LogP contribution is -2.37. The molecular formula is C17H27N3O2. The average Bonchev–Trinajstić information content (AvgIpc) is 2.54. The summed E-state index contributed by atoms with van der Waals surface area (Å²) >= 11 is 0. The molecule has 1 amide bonds. The molecule has 1 aliphatic rings. The molecule has 1 aliphatic heterocycles. The number of carbonyl (C=O) groups is 1. The number of nitrogens with one attached hydrogen (secondary N) is 1. The predicted molar refractivity (Wildman–Crippen MR) is 86.6 cm³/mol. The SMILES string of the molecule is CCC(NC(=O)CCCN1CCOCC1)c1ccc(C)cn1. The quantitative estimate of drug-likeness (QED) is 0.838. The first-order chi connectivity index (χ1) is 10.7. The van der Waals surface area contributed by atoms with Gasteiger partial charge in [-0.05, 0) is 37.9 Å². The highest BCUT2D eigenvalue weighted by Crippen LogP contribution is 2.14. The first kappa shape index (κ1) is 16.9. The Labute approximate surface area is 133 Å². The van der Waals surface area contributed by atoms with E-state index in [0.29, 0.717) is 6.42 Å². The van der Waals surface area contributed by atoms with Gasteiger partial charge in [-0.3, -0.25) is 14.7 Å². The number of aromatic nitrogens is 1. The standard InChI is InChI=1S/C17H27N3O2/c1-3-15(16-7-6-14(2)13-18-16)19-17(21)5-4-8-20-9-11-22-12-10-20/h6-7,13,15H,3-5,8-12H2,1-2H3,(H,19,21). The summed E-state index contributed by atoms with van der Waals surface area (Å²) in [5.74, 6) is 0.113. The molecule has 1 fully saturated rings. The summed E-state index contributed by atoms with van der Waals surface area (Å²) in [4.78, 5) is 18.9. The zero-order valence-corrected chi connectivity index (χ0v) is 13.7. The fourth-order valence-electron chi connectivity index (χ4n) is 2.63. The summed E-state index contributed by atoms with van der Waals surface area (Å²) in [6.07, 6.45) is 4.16. The first-order valence-electron chi connectivity index (χ1n) is 8.21. The zero-order valence-electron chi connectivity index (χ0n) is 13.7. The van der Waals surface area contributed by atoms with E-state index in [-0.39, 0.29) is 11.9 Å². The number of hydrogen-bond acceptors (Lipinski definition) is 4. The Morgan fingerprint density at radius 3 is 2.82 bits per heavy atom. The van der Waals surface area contributed by atoms with Crippen molar-refractivity contribution < 1.29 is 9.53 Å². The molecule has 0 saturated carbocycles. The van der Waals surface area contributed by atoms with Gasteiger partial charge in [-0.2, -0.15) is 0 Å². The molecule has 2 rings (SSSR count). The Balaban J connectivity index is 1.73. The van der Waals surface area contributed by atoms with Crippen LogP contribution >= 0.6 is 0 Å². The summed E-state index contributed by atoms with van der Waals surface area (Å²) in [7, 11) is 0. The van der Waals surface area contributed by atoms with Crippen LogP contribution in [-0.2, 0) is 9.53 Å². The third-order valence-electron chi connectivity index (χ3n) is 4.02. The van der Waals surface area contributed by atoms with Crippen LogP contribution in [0.1, 0.15) is 43.5 Å². The lowest BCUT2D eigenvalue weighted by Gasteiger charge is -2.26. The number of rotatable bonds is 7. The van der Waals surface area contributed by atoms with E-state index in [1.807, 2.05) is 25.3 Å². The van der Waals surface area contributed by atoms with Gasteiger partial charge in [0, 0.05) is 25.7 Å². The van der Waals surface area contributed by atoms with Crippen LogP contribution in [0.2, 0.25) is 0 Å². The van der Waals surface area contributed by atoms with E-state index in [0.717, 1.165) is 56.9 Å². The van der Waals surface area contributed by atoms with Crippen molar-refractivity contribution in [3.63, 3.8) is 0 Å². The van der Waals surface area contributed by atoms with E-state index < -0.39 is 0 Å². The normalized spacial score (nSPS) is 17.2. The Morgan fingerprint density at radius 1 is 1.41 bits per heavy atom. The molecule has 1 saturated heterocycles. The Hall–Kier alpha value is -1.46. The number of amides is 1. The van der Waals surface area contributed by atoms with Crippen LogP contribution in [0, 0.1) is 6.92 Å². The number of nitrogens with zero attached hydrogens (tertiary/aromatic N) is 2. The van der Waals surface area contributed by atoms with E-state index >= 15 is 0 Å². The van der Waals surface area contributed by atoms with Gasteiger partial charge in [0.15, 0.2) is 0 Å². The second kappa shape index (κ2) is 8.86. The largest absolute Gasteiger partial charge is 0.379 e. The molecule has 5 nitrogen and oxygen atoms in total. The van der Waals surface area contributed by atoms with Gasteiger partial charge < -0.3 is 10.1 Å². The molecule has 1 unspecified atom stereocenters. The van der Waals surface area contributed by atoms with Crippen LogP contribution in [-0.4, -0.2) is 48.6 Å². The Bertz CT molecular complexity index is 455. The van der Waals surface area contributed by atoms with Crippen molar-refractivity contribution in [3.8, 4) is 0 Å². The maximum atomic E-state index is 12.1. The number of pyridine rings is 1. The number of morpholine rings is 1. The van der Waals surface area contributed by atoms with Crippen LogP contribution in [0.25, 0.3) is 0 Å². The van der Waals surface area contributed by atoms with Crippen molar-refractivity contribution in [2.45, 2.75) is 39.2 Å². The summed E-state index contributed by atoms with van der Waals surface area (Å²) in [6, 6.07) is 4.05. The Kier molecular flexibility index (Phi) is 6.80. The monoisotopic (exact) mass is 305 g/mol. The van der Waals surface area contributed by atoms with E-state index in [1.54, 1.807) is 0 Å². The maximum Gasteiger partial charge on any atom is 0.220 e. The minimum absolute atomic E-state index is 0.0106. The minimum Gasteiger partial charge on any atom is -0.379 e. The minimum atomic E-state index is 0.0106. The molecule has 0 aliphatic carbocycles. The third kappa shape index (κ3) is 5.39. The van der Waals surface area contributed by atoms with Gasteiger partial charge in [0.25, 0.3) is 0 Å². The molecule has 1 N–H and O–H groups in total. The molecule has 1 atom stereocenters. The molecule has 5 heteroatoms. The van der Waals surface area contributed by atoms with Crippen molar-refractivity contribution in [2.24, 2.45) is 0 Å². The van der Waals surface area contributed by atoms with Crippen molar-refractivity contribution in [2.75, 3.05) is 32.8 Å². The van der Waals surface area contributed by atoms with Gasteiger partial charge in [-0.15, -0.1) is 0 Å². The molecule has 2 heterocycles. The van der Waals surface area contributed by atoms with Crippen molar-refractivity contribution in [1.29, 1.82) is 0 Å². The van der Waals surface area contributed by atoms with Crippen molar-refractivity contribution in [1.82, 2.24) is 15.2 Å². The summed E-state index contributed by atoms with van der Waals surface area (Å²) in [5.41, 5.74) is 2.07. The van der Waals surface area contributed by atoms with Gasteiger partial charge in [-0.1, -0.05) is 13.0 Å². The first-order valence-corrected chi connectivity index (χ1v) is 8.21. The number of hydrogen-bond donors (Lipinski definition) is 1. The second-order valence-corrected chi connectivity index (χ2v) is 5.85. The lowest BCUT2D eigenvalue weighted by atomic mass is 10.1. The van der Waals surface area contributed by atoms with Gasteiger partial charge in [0.2, 0.25) is 5.91 Å². The molecule has 0 radical (unpaired) electrons. The summed E-state index contributed by atoms with van der Waals surface area (Å²) < 4.78 is 5.32. The van der Waals surface area contributed by atoms with Gasteiger partial charge >= 0.3 is 0 Å². The maximum absolute atomic E-state index is 12.1. The van der Waals surface area contributed by atoms with Gasteiger partial charge in [0.1, 0.15) is 0 Å². The molecule has 1 aromatic rings. The predicted octanol–water partition coefficient (Wildman–Crippen LogP) is 2.07. The van der Waals surface area contributed by atoms with Crippen LogP contribution in [0.4, 0.5) is 0 Å². The number of carbonyl (C=O) groups excluding carboxylic acids is 1. The molecule has 0 spiro atoms. The van der Waals surface area contributed by atoms with Crippen LogP contribution in [0.3, 0.4) is 0 Å². The fraction of sp³-hybridized carbons (Fsp3) is 0.647. The fourth-order valence-corrected chi connectivity index (χ4v) is 2.63. The highest BCUT2D eigenvalue weighted by Gasteiger charge is 2.15. The highest BCUT2D eigenvalue weighted by atomic mass is 16.5. The highest BCUT2D eigenvalue weighted by molar-refractivity contribution is 5.76. The summed E-state index contributed by atoms with van der Waals surface area (Å²) in [5, 5.41) is 3.10. The average molecular weight is 305 g/mol. The van der Waals surface area contributed by atoms with Gasteiger partial charge in [-0.25, -0.2) is 0 Å². The van der Waals surface area contributed by atoms with Crippen molar-refractivity contribution in [3.05, 3.63) is 29.6 Å².